The van der Waals surface area contributed by atoms with Crippen LogP contribution in [0.15, 0.2) is 18.2 Å². The fraction of sp³-hybridized carbons (Fsp3) is 0.333. The van der Waals surface area contributed by atoms with Gasteiger partial charge in [0.2, 0.25) is 0 Å². The van der Waals surface area contributed by atoms with Crippen LogP contribution < -0.4 is 5.73 Å². The molecular weight excluding hydrogens is 282 g/mol. The van der Waals surface area contributed by atoms with Gasteiger partial charge in [0, 0.05) is 12.6 Å². The van der Waals surface area contributed by atoms with Gasteiger partial charge < -0.3 is 10.3 Å². The zero-order valence-corrected chi connectivity index (χ0v) is 11.7. The molecule has 0 bridgehead atoms. The third-order valence-corrected chi connectivity index (χ3v) is 3.18. The summed E-state index contributed by atoms with van der Waals surface area (Å²) in [6.07, 6.45) is 0.830. The predicted octanol–water partition coefficient (Wildman–Crippen LogP) is 2.38. The van der Waals surface area contributed by atoms with Crippen LogP contribution in [0.4, 0.5) is 5.69 Å². The molecule has 2 aromatic rings. The minimum atomic E-state index is -0.478. The molecule has 0 aliphatic heterocycles. The Morgan fingerprint density at radius 2 is 2.20 bits per heavy atom. The summed E-state index contributed by atoms with van der Waals surface area (Å²) in [5.41, 5.74) is 5.80. The van der Waals surface area contributed by atoms with Crippen molar-refractivity contribution in [3.63, 3.8) is 0 Å². The molecule has 0 saturated heterocycles. The van der Waals surface area contributed by atoms with Crippen LogP contribution in [-0.2, 0) is 13.1 Å². The smallest absolute Gasteiger partial charge is 0.281 e. The summed E-state index contributed by atoms with van der Waals surface area (Å²) in [5.74, 6) is 0.959. The molecule has 0 aliphatic rings. The van der Waals surface area contributed by atoms with E-state index in [1.54, 1.807) is 10.6 Å². The monoisotopic (exact) mass is 295 g/mol. The molecule has 1 aromatic carbocycles. The summed E-state index contributed by atoms with van der Waals surface area (Å²) in [5, 5.41) is 19.4. The van der Waals surface area contributed by atoms with Crippen LogP contribution in [0.1, 0.15) is 19.2 Å². The van der Waals surface area contributed by atoms with Crippen molar-refractivity contribution < 1.29 is 4.92 Å². The fourth-order valence-corrected chi connectivity index (χ4v) is 2.27. The van der Waals surface area contributed by atoms with Crippen molar-refractivity contribution in [2.75, 3.05) is 0 Å². The summed E-state index contributed by atoms with van der Waals surface area (Å²) in [7, 11) is 0. The molecule has 1 aromatic heterocycles. The van der Waals surface area contributed by atoms with E-state index in [0.717, 1.165) is 6.42 Å². The van der Waals surface area contributed by atoms with Gasteiger partial charge in [-0.05, 0) is 12.5 Å². The van der Waals surface area contributed by atoms with Crippen molar-refractivity contribution in [3.05, 3.63) is 39.2 Å². The van der Waals surface area contributed by atoms with E-state index >= 15 is 0 Å². The molecular formula is C12H14ClN5O2. The average Bonchev–Trinajstić information content (AvgIpc) is 2.81. The molecule has 2 rings (SSSR count). The predicted molar refractivity (Wildman–Crippen MR) is 75.3 cm³/mol. The zero-order valence-electron chi connectivity index (χ0n) is 10.9. The third kappa shape index (κ3) is 2.50. The molecule has 0 unspecified atom stereocenters. The quantitative estimate of drug-likeness (QED) is 0.674. The highest BCUT2D eigenvalue weighted by atomic mass is 35.5. The van der Waals surface area contributed by atoms with Crippen molar-refractivity contribution in [1.29, 1.82) is 0 Å². The first-order valence-electron chi connectivity index (χ1n) is 6.15. The Morgan fingerprint density at radius 1 is 1.45 bits per heavy atom. The second-order valence-corrected chi connectivity index (χ2v) is 4.59. The van der Waals surface area contributed by atoms with Gasteiger partial charge >= 0.3 is 0 Å². The van der Waals surface area contributed by atoms with E-state index in [0.29, 0.717) is 18.2 Å². The molecule has 0 atom stereocenters. The number of nitrogens with zero attached hydrogens (tertiary/aromatic N) is 4. The van der Waals surface area contributed by atoms with Gasteiger partial charge in [0.25, 0.3) is 5.69 Å². The molecule has 0 aliphatic carbocycles. The van der Waals surface area contributed by atoms with E-state index in [4.69, 9.17) is 17.3 Å². The lowest BCUT2D eigenvalue weighted by Crippen LogP contribution is -2.10. The van der Waals surface area contributed by atoms with Crippen LogP contribution in [0.5, 0.6) is 0 Å². The van der Waals surface area contributed by atoms with Gasteiger partial charge in [-0.2, -0.15) is 0 Å². The minimum absolute atomic E-state index is 0.0918. The van der Waals surface area contributed by atoms with E-state index < -0.39 is 4.92 Å². The molecule has 0 radical (unpaired) electrons. The zero-order chi connectivity index (χ0) is 14.7. The van der Waals surface area contributed by atoms with E-state index in [2.05, 4.69) is 10.2 Å². The first-order valence-corrected chi connectivity index (χ1v) is 6.53. The standard InChI is InChI=1S/C12H14ClN5O2/c1-2-6-17-10(7-14)15-16-12(17)11-8(13)4-3-5-9(11)18(19)20/h3-5H,2,6-7,14H2,1H3. The lowest BCUT2D eigenvalue weighted by Gasteiger charge is -2.09. The van der Waals surface area contributed by atoms with Crippen LogP contribution in [0, 0.1) is 10.1 Å². The van der Waals surface area contributed by atoms with Crippen LogP contribution in [0.3, 0.4) is 0 Å². The number of hydrogen-bond donors (Lipinski definition) is 1. The summed E-state index contributed by atoms with van der Waals surface area (Å²) >= 11 is 6.12. The van der Waals surface area contributed by atoms with Crippen LogP contribution in [0.2, 0.25) is 5.02 Å². The van der Waals surface area contributed by atoms with Gasteiger partial charge in [0.15, 0.2) is 5.82 Å². The van der Waals surface area contributed by atoms with Gasteiger partial charge in [-0.15, -0.1) is 10.2 Å². The first kappa shape index (κ1) is 14.4. The highest BCUT2D eigenvalue weighted by Crippen LogP contribution is 2.35. The van der Waals surface area contributed by atoms with Gasteiger partial charge in [0.05, 0.1) is 16.5 Å². The van der Waals surface area contributed by atoms with Crippen LogP contribution in [-0.4, -0.2) is 19.7 Å². The first-order chi connectivity index (χ1) is 9.60. The maximum Gasteiger partial charge on any atom is 0.281 e. The summed E-state index contributed by atoms with van der Waals surface area (Å²) < 4.78 is 1.77. The second kappa shape index (κ2) is 5.98. The van der Waals surface area contributed by atoms with Crippen molar-refractivity contribution in [2.45, 2.75) is 26.4 Å². The number of rotatable bonds is 5. The lowest BCUT2D eigenvalue weighted by atomic mass is 10.1. The van der Waals surface area contributed by atoms with Crippen molar-refractivity contribution in [1.82, 2.24) is 14.8 Å². The number of benzene rings is 1. The summed E-state index contributed by atoms with van der Waals surface area (Å²) in [4.78, 5) is 10.7. The molecule has 1 heterocycles. The maximum absolute atomic E-state index is 11.2. The Labute approximate surface area is 120 Å². The fourth-order valence-electron chi connectivity index (χ4n) is 2.02. The Morgan fingerprint density at radius 3 is 2.80 bits per heavy atom. The van der Waals surface area contributed by atoms with Crippen molar-refractivity contribution >= 4 is 17.3 Å². The topological polar surface area (TPSA) is 99.9 Å². The largest absolute Gasteiger partial charge is 0.324 e. The van der Waals surface area contributed by atoms with E-state index in [9.17, 15) is 10.1 Å². The summed E-state index contributed by atoms with van der Waals surface area (Å²) in [6, 6.07) is 4.53. The van der Waals surface area contributed by atoms with Crippen molar-refractivity contribution in [2.24, 2.45) is 5.73 Å². The average molecular weight is 296 g/mol. The molecule has 7 nitrogen and oxygen atoms in total. The Kier molecular flexibility index (Phi) is 4.31. The number of hydrogen-bond acceptors (Lipinski definition) is 5. The van der Waals surface area contributed by atoms with Crippen LogP contribution in [0.25, 0.3) is 11.4 Å². The van der Waals surface area contributed by atoms with Gasteiger partial charge in [-0.25, -0.2) is 0 Å². The normalized spacial score (nSPS) is 10.8. The molecule has 106 valence electrons. The Hall–Kier alpha value is -1.99. The molecule has 0 fully saturated rings. The number of nitro groups is 1. The van der Waals surface area contributed by atoms with Gasteiger partial charge in [-0.3, -0.25) is 10.1 Å². The Balaban J connectivity index is 2.68. The molecule has 0 spiro atoms. The lowest BCUT2D eigenvalue weighted by molar-refractivity contribution is -0.384. The highest BCUT2D eigenvalue weighted by molar-refractivity contribution is 6.33. The molecule has 0 amide bonds. The van der Waals surface area contributed by atoms with E-state index in [1.165, 1.54) is 12.1 Å². The van der Waals surface area contributed by atoms with Gasteiger partial charge in [0.1, 0.15) is 11.4 Å². The molecule has 0 saturated carbocycles. The third-order valence-electron chi connectivity index (χ3n) is 2.87. The van der Waals surface area contributed by atoms with E-state index in [-0.39, 0.29) is 22.8 Å². The number of halogens is 1. The molecule has 8 heteroatoms. The van der Waals surface area contributed by atoms with Crippen LogP contribution >= 0.6 is 11.6 Å². The van der Waals surface area contributed by atoms with Crippen molar-refractivity contribution in [3.8, 4) is 11.4 Å². The number of aromatic nitrogens is 3. The Bertz CT molecular complexity index is 641. The molecule has 2 N–H and O–H groups in total. The molecule has 20 heavy (non-hydrogen) atoms. The minimum Gasteiger partial charge on any atom is -0.324 e. The summed E-state index contributed by atoms with van der Waals surface area (Å²) in [6.45, 7) is 2.83. The number of nitrogens with two attached hydrogens (primary N) is 1. The highest BCUT2D eigenvalue weighted by Gasteiger charge is 2.24. The number of nitro benzene ring substituents is 1. The van der Waals surface area contributed by atoms with Gasteiger partial charge in [-0.1, -0.05) is 24.6 Å². The van der Waals surface area contributed by atoms with E-state index in [1.807, 2.05) is 6.92 Å². The SMILES string of the molecule is CCCn1c(CN)nnc1-c1c(Cl)cccc1[N+](=O)[O-]. The maximum atomic E-state index is 11.2. The second-order valence-electron chi connectivity index (χ2n) is 4.19.